The van der Waals surface area contributed by atoms with Crippen molar-refractivity contribution in [1.82, 2.24) is 9.55 Å². The van der Waals surface area contributed by atoms with E-state index in [9.17, 15) is 4.79 Å². The number of nitrogens with zero attached hydrogens (tertiary/aromatic N) is 2. The summed E-state index contributed by atoms with van der Waals surface area (Å²) in [5.74, 6) is 2.67. The molecule has 2 aromatic rings. The molecule has 5 nitrogen and oxygen atoms in total. The monoisotopic (exact) mass is 271 g/mol. The third-order valence-electron chi connectivity index (χ3n) is 3.20. The summed E-state index contributed by atoms with van der Waals surface area (Å²) in [5.41, 5.74) is 8.04. The molecule has 1 heterocycles. The number of aryl methyl sites for hydroxylation is 1. The van der Waals surface area contributed by atoms with Crippen molar-refractivity contribution in [2.45, 2.75) is 26.3 Å². The van der Waals surface area contributed by atoms with Crippen LogP contribution in [0.4, 0.5) is 5.69 Å². The highest BCUT2D eigenvalue weighted by Crippen LogP contribution is 2.27. The lowest BCUT2D eigenvalue weighted by atomic mass is 10.2. The molecule has 0 spiro atoms. The van der Waals surface area contributed by atoms with Crippen molar-refractivity contribution in [3.8, 4) is 12.3 Å². The van der Waals surface area contributed by atoms with Crippen LogP contribution in [-0.4, -0.2) is 22.1 Å². The van der Waals surface area contributed by atoms with Gasteiger partial charge in [-0.15, -0.1) is 6.42 Å². The first-order chi connectivity index (χ1) is 9.60. The van der Waals surface area contributed by atoms with Gasteiger partial charge in [-0.1, -0.05) is 18.9 Å². The van der Waals surface area contributed by atoms with Gasteiger partial charge in [0.25, 0.3) is 0 Å². The molecule has 1 aromatic carbocycles. The molecular weight excluding hydrogens is 254 g/mol. The number of ether oxygens (including phenoxy) is 1. The lowest BCUT2D eigenvalue weighted by molar-refractivity contribution is -0.146. The average molecular weight is 271 g/mol. The molecular formula is C15H17N3O2. The summed E-state index contributed by atoms with van der Waals surface area (Å²) in [7, 11) is 0. The molecule has 0 aliphatic carbocycles. The maximum absolute atomic E-state index is 12.1. The van der Waals surface area contributed by atoms with Crippen molar-refractivity contribution in [1.29, 1.82) is 0 Å². The largest absolute Gasteiger partial charge is 0.451 e. The molecule has 0 saturated heterocycles. The van der Waals surface area contributed by atoms with Crippen molar-refractivity contribution < 1.29 is 9.53 Å². The molecule has 20 heavy (non-hydrogen) atoms. The number of benzene rings is 1. The number of imidazole rings is 1. The van der Waals surface area contributed by atoms with E-state index in [1.165, 1.54) is 0 Å². The fourth-order valence-corrected chi connectivity index (χ4v) is 2.31. The van der Waals surface area contributed by atoms with E-state index in [0.29, 0.717) is 17.6 Å². The van der Waals surface area contributed by atoms with Gasteiger partial charge in [0, 0.05) is 0 Å². The van der Waals surface area contributed by atoms with Gasteiger partial charge < -0.3 is 15.0 Å². The molecule has 0 amide bonds. The average Bonchev–Trinajstić information content (AvgIpc) is 2.76. The number of esters is 1. The molecule has 0 radical (unpaired) electrons. The number of carbonyl (C=O) groups is 1. The Morgan fingerprint density at radius 1 is 1.60 bits per heavy atom. The molecule has 5 heteroatoms. The molecule has 0 aliphatic rings. The minimum Gasteiger partial charge on any atom is -0.451 e. The molecule has 2 rings (SSSR count). The van der Waals surface area contributed by atoms with Gasteiger partial charge in [0.05, 0.1) is 11.2 Å². The van der Waals surface area contributed by atoms with Gasteiger partial charge in [-0.25, -0.2) is 9.78 Å². The Hall–Kier alpha value is -2.48. The molecule has 2 N–H and O–H groups in total. The number of anilines is 1. The van der Waals surface area contributed by atoms with E-state index in [0.717, 1.165) is 11.3 Å². The Kier molecular flexibility index (Phi) is 3.94. The van der Waals surface area contributed by atoms with Crippen LogP contribution in [0.2, 0.25) is 0 Å². The van der Waals surface area contributed by atoms with Crippen molar-refractivity contribution >= 4 is 22.7 Å². The molecule has 0 saturated carbocycles. The second-order valence-corrected chi connectivity index (χ2v) is 4.48. The summed E-state index contributed by atoms with van der Waals surface area (Å²) in [6.45, 7) is 3.74. The minimum atomic E-state index is -0.449. The van der Waals surface area contributed by atoms with Crippen LogP contribution in [0.25, 0.3) is 11.0 Å². The number of nitrogen functional groups attached to an aromatic ring is 1. The van der Waals surface area contributed by atoms with Crippen molar-refractivity contribution in [3.63, 3.8) is 0 Å². The first kappa shape index (κ1) is 13.9. The van der Waals surface area contributed by atoms with Gasteiger partial charge in [0.1, 0.15) is 17.4 Å². The highest BCUT2D eigenvalue weighted by molar-refractivity contribution is 5.89. The summed E-state index contributed by atoms with van der Waals surface area (Å²) in [5, 5.41) is 0. The predicted molar refractivity (Wildman–Crippen MR) is 78.0 cm³/mol. The van der Waals surface area contributed by atoms with Gasteiger partial charge in [-0.05, 0) is 25.5 Å². The van der Waals surface area contributed by atoms with E-state index in [2.05, 4.69) is 10.9 Å². The Morgan fingerprint density at radius 2 is 2.35 bits per heavy atom. The van der Waals surface area contributed by atoms with Crippen LogP contribution in [0, 0.1) is 19.3 Å². The summed E-state index contributed by atoms with van der Waals surface area (Å²) in [6.07, 6.45) is 5.70. The zero-order valence-electron chi connectivity index (χ0n) is 11.6. The van der Waals surface area contributed by atoms with Crippen LogP contribution < -0.4 is 5.73 Å². The van der Waals surface area contributed by atoms with E-state index in [1.807, 2.05) is 30.5 Å². The van der Waals surface area contributed by atoms with Gasteiger partial charge in [-0.3, -0.25) is 0 Å². The van der Waals surface area contributed by atoms with Crippen LogP contribution in [0.15, 0.2) is 18.2 Å². The fourth-order valence-electron chi connectivity index (χ4n) is 2.31. The Morgan fingerprint density at radius 3 is 3.00 bits per heavy atom. The van der Waals surface area contributed by atoms with Crippen LogP contribution >= 0.6 is 0 Å². The van der Waals surface area contributed by atoms with Crippen molar-refractivity contribution in [2.24, 2.45) is 0 Å². The second-order valence-electron chi connectivity index (χ2n) is 4.48. The smallest absolute Gasteiger partial charge is 0.330 e. The van der Waals surface area contributed by atoms with Crippen LogP contribution in [0.3, 0.4) is 0 Å². The maximum Gasteiger partial charge on any atom is 0.330 e. The normalized spacial score (nSPS) is 12.1. The lowest BCUT2D eigenvalue weighted by Crippen LogP contribution is -2.22. The van der Waals surface area contributed by atoms with E-state index in [-0.39, 0.29) is 12.6 Å². The fraction of sp³-hybridized carbons (Fsp3) is 0.333. The highest BCUT2D eigenvalue weighted by atomic mass is 16.5. The number of para-hydroxylation sites is 1. The van der Waals surface area contributed by atoms with Gasteiger partial charge in [-0.2, -0.15) is 0 Å². The Bertz CT molecular complexity index is 682. The second kappa shape index (κ2) is 5.66. The van der Waals surface area contributed by atoms with Crippen LogP contribution in [0.1, 0.15) is 25.2 Å². The first-order valence-corrected chi connectivity index (χ1v) is 6.43. The number of aromatic nitrogens is 2. The minimum absolute atomic E-state index is 0.0247. The zero-order valence-corrected chi connectivity index (χ0v) is 11.6. The molecule has 1 unspecified atom stereocenters. The third-order valence-corrected chi connectivity index (χ3v) is 3.20. The molecule has 104 valence electrons. The molecule has 0 aliphatic heterocycles. The van der Waals surface area contributed by atoms with Crippen molar-refractivity contribution in [3.05, 3.63) is 24.0 Å². The Balaban J connectivity index is 2.50. The number of hydrogen-bond donors (Lipinski definition) is 1. The van der Waals surface area contributed by atoms with Crippen molar-refractivity contribution in [2.75, 3.05) is 12.3 Å². The summed E-state index contributed by atoms with van der Waals surface area (Å²) in [4.78, 5) is 16.5. The number of carbonyl (C=O) groups excluding carboxylic acids is 1. The topological polar surface area (TPSA) is 70.1 Å². The number of terminal acetylenes is 1. The quantitative estimate of drug-likeness (QED) is 0.525. The SMILES string of the molecule is C#CCOC(=O)C(CC)n1c(C)nc2c(N)cccc21. The highest BCUT2D eigenvalue weighted by Gasteiger charge is 2.24. The molecule has 1 atom stereocenters. The lowest BCUT2D eigenvalue weighted by Gasteiger charge is -2.17. The maximum atomic E-state index is 12.1. The first-order valence-electron chi connectivity index (χ1n) is 6.43. The van der Waals surface area contributed by atoms with Gasteiger partial charge >= 0.3 is 5.97 Å². The summed E-state index contributed by atoms with van der Waals surface area (Å²) >= 11 is 0. The van der Waals surface area contributed by atoms with Crippen LogP contribution in [0.5, 0.6) is 0 Å². The molecule has 1 aromatic heterocycles. The van der Waals surface area contributed by atoms with Crippen LogP contribution in [-0.2, 0) is 9.53 Å². The van der Waals surface area contributed by atoms with Gasteiger partial charge in [0.15, 0.2) is 6.61 Å². The van der Waals surface area contributed by atoms with E-state index in [1.54, 1.807) is 6.07 Å². The summed E-state index contributed by atoms with van der Waals surface area (Å²) < 4.78 is 6.90. The van der Waals surface area contributed by atoms with Gasteiger partial charge in [0.2, 0.25) is 0 Å². The zero-order chi connectivity index (χ0) is 14.7. The number of fused-ring (bicyclic) bond motifs is 1. The number of hydrogen-bond acceptors (Lipinski definition) is 4. The van der Waals surface area contributed by atoms with E-state index >= 15 is 0 Å². The number of nitrogens with two attached hydrogens (primary N) is 1. The standard InChI is InChI=1S/C15H17N3O2/c1-4-9-20-15(19)12(5-2)18-10(3)17-14-11(16)7-6-8-13(14)18/h1,6-8,12H,5,9,16H2,2-3H3. The molecule has 0 bridgehead atoms. The third kappa shape index (κ3) is 2.32. The van der Waals surface area contributed by atoms with E-state index in [4.69, 9.17) is 16.9 Å². The summed E-state index contributed by atoms with van der Waals surface area (Å²) in [6, 6.07) is 5.07. The molecule has 0 fully saturated rings. The number of rotatable bonds is 4. The van der Waals surface area contributed by atoms with E-state index < -0.39 is 6.04 Å². The Labute approximate surface area is 117 Å². The predicted octanol–water partition coefficient (Wildman–Crippen LogP) is 2.05.